The highest BCUT2D eigenvalue weighted by atomic mass is 16.5. The van der Waals surface area contributed by atoms with Crippen molar-refractivity contribution >= 4 is 11.5 Å². The summed E-state index contributed by atoms with van der Waals surface area (Å²) in [7, 11) is 0. The van der Waals surface area contributed by atoms with Crippen LogP contribution in [0.4, 0.5) is 5.69 Å². The van der Waals surface area contributed by atoms with Crippen molar-refractivity contribution in [1.29, 1.82) is 0 Å². The number of hydrogen-bond acceptors (Lipinski definition) is 2. The number of ether oxygens (including phenoxy) is 1. The Morgan fingerprint density at radius 2 is 1.82 bits per heavy atom. The summed E-state index contributed by atoms with van der Waals surface area (Å²) in [6, 6.07) is 14.4. The van der Waals surface area contributed by atoms with Crippen molar-refractivity contribution in [3.05, 3.63) is 59.2 Å². The fourth-order valence-corrected chi connectivity index (χ4v) is 3.58. The molecule has 0 bridgehead atoms. The second-order valence-electron chi connectivity index (χ2n) is 7.88. The first-order valence-electron chi connectivity index (χ1n) is 10.6. The van der Waals surface area contributed by atoms with Gasteiger partial charge in [0.2, 0.25) is 0 Å². The van der Waals surface area contributed by atoms with Crippen LogP contribution in [0, 0.1) is 12.8 Å². The maximum absolute atomic E-state index is 6.28. The van der Waals surface area contributed by atoms with Gasteiger partial charge in [-0.25, -0.2) is 4.99 Å². The average Bonchev–Trinajstić information content (AvgIpc) is 2.95. The number of fused-ring (bicyclic) bond motifs is 1. The highest BCUT2D eigenvalue weighted by Gasteiger charge is 2.31. The van der Waals surface area contributed by atoms with Crippen molar-refractivity contribution in [3.63, 3.8) is 0 Å². The molecule has 0 fully saturated rings. The fourth-order valence-electron chi connectivity index (χ4n) is 3.58. The molecule has 0 aromatic heterocycles. The quantitative estimate of drug-likeness (QED) is 0.336. The zero-order valence-corrected chi connectivity index (χ0v) is 18.2. The first-order chi connectivity index (χ1) is 13.4. The third-order valence-corrected chi connectivity index (χ3v) is 5.01. The summed E-state index contributed by atoms with van der Waals surface area (Å²) in [5.41, 5.74) is 10.5. The number of aliphatic imine (C=N–C) groups is 1. The van der Waals surface area contributed by atoms with E-state index in [4.69, 9.17) is 10.5 Å². The Labute approximate surface area is 171 Å². The molecule has 28 heavy (non-hydrogen) atoms. The summed E-state index contributed by atoms with van der Waals surface area (Å²) in [5, 5.41) is 0. The molecule has 3 rings (SSSR count). The molecule has 0 aliphatic heterocycles. The van der Waals surface area contributed by atoms with Crippen LogP contribution in [0.5, 0.6) is 5.75 Å². The first-order valence-corrected chi connectivity index (χ1v) is 10.6. The lowest BCUT2D eigenvalue weighted by Crippen LogP contribution is -2.11. The molecule has 1 aliphatic rings. The van der Waals surface area contributed by atoms with Crippen molar-refractivity contribution in [3.8, 4) is 5.75 Å². The smallest absolute Gasteiger partial charge is 0.127 e. The Kier molecular flexibility index (Phi) is 8.56. The average molecular weight is 381 g/mol. The second kappa shape index (κ2) is 10.9. The normalized spacial score (nSPS) is 18.2. The van der Waals surface area contributed by atoms with Gasteiger partial charge in [0.05, 0.1) is 11.5 Å². The van der Waals surface area contributed by atoms with Crippen LogP contribution in [0.1, 0.15) is 76.2 Å². The molecule has 2 atom stereocenters. The molecule has 0 radical (unpaired) electrons. The monoisotopic (exact) mass is 380 g/mol. The molecule has 2 aromatic rings. The maximum Gasteiger partial charge on any atom is 0.127 e. The molecule has 0 amide bonds. The van der Waals surface area contributed by atoms with Crippen molar-refractivity contribution in [1.82, 2.24) is 0 Å². The molecule has 2 unspecified atom stereocenters. The minimum atomic E-state index is 0.105. The Morgan fingerprint density at radius 3 is 2.46 bits per heavy atom. The van der Waals surface area contributed by atoms with Crippen LogP contribution in [0.15, 0.2) is 47.5 Å². The lowest BCUT2D eigenvalue weighted by atomic mass is 10.0. The first kappa shape index (κ1) is 22.0. The molecule has 0 saturated carbocycles. The van der Waals surface area contributed by atoms with Gasteiger partial charge in [-0.1, -0.05) is 76.3 Å². The highest BCUT2D eigenvalue weighted by Crippen LogP contribution is 2.40. The molecule has 2 N–H and O–H groups in total. The minimum absolute atomic E-state index is 0.105. The number of aryl methyl sites for hydroxylation is 1. The predicted octanol–water partition coefficient (Wildman–Crippen LogP) is 6.90. The van der Waals surface area contributed by atoms with Gasteiger partial charge < -0.3 is 10.5 Å². The number of nitrogens with two attached hydrogens (primary N) is 1. The lowest BCUT2D eigenvalue weighted by molar-refractivity contribution is 0.159. The van der Waals surface area contributed by atoms with Gasteiger partial charge in [0.15, 0.2) is 0 Å². The van der Waals surface area contributed by atoms with Gasteiger partial charge in [0.1, 0.15) is 11.9 Å². The largest absolute Gasteiger partial charge is 0.485 e. The van der Waals surface area contributed by atoms with Gasteiger partial charge in [0, 0.05) is 12.0 Å². The van der Waals surface area contributed by atoms with Crippen molar-refractivity contribution < 1.29 is 4.74 Å². The van der Waals surface area contributed by atoms with E-state index in [9.17, 15) is 0 Å². The molecular weight excluding hydrogens is 344 g/mol. The molecule has 0 saturated heterocycles. The summed E-state index contributed by atoms with van der Waals surface area (Å²) in [6.07, 6.45) is 6.71. The third kappa shape index (κ3) is 6.40. The molecule has 2 aromatic carbocycles. The molecule has 152 valence electrons. The van der Waals surface area contributed by atoms with Crippen LogP contribution in [-0.4, -0.2) is 5.84 Å². The van der Waals surface area contributed by atoms with Gasteiger partial charge in [0.25, 0.3) is 0 Å². The van der Waals surface area contributed by atoms with Crippen LogP contribution >= 0.6 is 0 Å². The molecular formula is C25H36N2O. The second-order valence-corrected chi connectivity index (χ2v) is 7.88. The van der Waals surface area contributed by atoms with E-state index in [-0.39, 0.29) is 6.10 Å². The van der Waals surface area contributed by atoms with E-state index in [1.165, 1.54) is 42.4 Å². The number of benzene rings is 2. The number of amidine groups is 1. The van der Waals surface area contributed by atoms with Gasteiger partial charge in [-0.15, -0.1) is 0 Å². The van der Waals surface area contributed by atoms with Gasteiger partial charge >= 0.3 is 0 Å². The summed E-state index contributed by atoms with van der Waals surface area (Å²) < 4.78 is 6.28. The molecule has 0 heterocycles. The molecule has 0 spiro atoms. The highest BCUT2D eigenvalue weighted by molar-refractivity contribution is 5.80. The number of nitrogens with zero attached hydrogens (tertiary/aromatic N) is 1. The Bertz CT molecular complexity index is 774. The minimum Gasteiger partial charge on any atom is -0.485 e. The van der Waals surface area contributed by atoms with E-state index >= 15 is 0 Å². The summed E-state index contributed by atoms with van der Waals surface area (Å²) in [4.78, 5) is 4.29. The molecule has 3 heteroatoms. The molecule has 1 aliphatic carbocycles. The Hall–Kier alpha value is -2.29. The number of hydrogen-bond donors (Lipinski definition) is 1. The van der Waals surface area contributed by atoms with E-state index in [1.54, 1.807) is 6.92 Å². The van der Waals surface area contributed by atoms with Gasteiger partial charge in [-0.2, -0.15) is 0 Å². The van der Waals surface area contributed by atoms with Crippen LogP contribution in [-0.2, 0) is 6.42 Å². The van der Waals surface area contributed by atoms with Crippen LogP contribution in [0.2, 0.25) is 0 Å². The van der Waals surface area contributed by atoms with E-state index in [1.807, 2.05) is 24.3 Å². The summed E-state index contributed by atoms with van der Waals surface area (Å²) in [5.74, 6) is 1.86. The zero-order chi connectivity index (χ0) is 20.5. The Morgan fingerprint density at radius 1 is 1.11 bits per heavy atom. The molecule has 3 nitrogen and oxygen atoms in total. The van der Waals surface area contributed by atoms with Crippen molar-refractivity contribution in [2.45, 2.75) is 72.8 Å². The van der Waals surface area contributed by atoms with Crippen molar-refractivity contribution in [2.24, 2.45) is 16.6 Å². The topological polar surface area (TPSA) is 47.6 Å². The fraction of sp³-hybridized carbons (Fsp3) is 0.480. The van der Waals surface area contributed by atoms with E-state index < -0.39 is 0 Å². The summed E-state index contributed by atoms with van der Waals surface area (Å²) in [6.45, 7) is 10.6. The predicted molar refractivity (Wildman–Crippen MR) is 121 cm³/mol. The SMILES string of the molecule is CC(N)=Nc1cccc(OC2c3cc(C)ccc3CC2C)c1.CCCCCC. The standard InChI is InChI=1S/C19H22N2O.C6H14/c1-12-7-8-15-10-13(2)19(18(15)9-12)22-17-6-4-5-16(11-17)21-14(3)20;1-3-5-6-4-2/h4-9,11,13,19H,10H2,1-3H3,(H2,20,21);3-6H2,1-2H3. The number of unbranched alkanes of at least 4 members (excludes halogenated alkanes) is 3. The van der Waals surface area contributed by atoms with Crippen molar-refractivity contribution in [2.75, 3.05) is 0 Å². The summed E-state index contributed by atoms with van der Waals surface area (Å²) >= 11 is 0. The van der Waals surface area contributed by atoms with E-state index in [0.717, 1.165) is 17.9 Å². The van der Waals surface area contributed by atoms with Crippen LogP contribution in [0.3, 0.4) is 0 Å². The van der Waals surface area contributed by atoms with Gasteiger partial charge in [-0.05, 0) is 43.5 Å². The maximum atomic E-state index is 6.28. The van der Waals surface area contributed by atoms with Crippen LogP contribution in [0.25, 0.3) is 0 Å². The lowest BCUT2D eigenvalue weighted by Gasteiger charge is -2.19. The number of rotatable bonds is 6. The zero-order valence-electron chi connectivity index (χ0n) is 18.2. The van der Waals surface area contributed by atoms with E-state index in [2.05, 4.69) is 50.9 Å². The third-order valence-electron chi connectivity index (χ3n) is 5.01. The van der Waals surface area contributed by atoms with E-state index in [0.29, 0.717) is 11.8 Å². The Balaban J connectivity index is 0.000000409. The van der Waals surface area contributed by atoms with Gasteiger partial charge in [-0.3, -0.25) is 0 Å². The van der Waals surface area contributed by atoms with Crippen LogP contribution < -0.4 is 10.5 Å².